The Bertz CT molecular complexity index is 637. The second-order valence-electron chi connectivity index (χ2n) is 3.70. The van der Waals surface area contributed by atoms with Crippen LogP contribution in [-0.4, -0.2) is 37.4 Å². The minimum Gasteiger partial charge on any atom is -0.481 e. The van der Waals surface area contributed by atoms with E-state index < -0.39 is 16.0 Å². The molecule has 1 rings (SSSR count). The first-order valence-corrected chi connectivity index (χ1v) is 7.40. The molecule has 0 spiro atoms. The maximum Gasteiger partial charge on any atom is 0.304 e. The number of rotatable bonds is 5. The van der Waals surface area contributed by atoms with Gasteiger partial charge in [0.1, 0.15) is 11.0 Å². The van der Waals surface area contributed by atoms with Gasteiger partial charge in [-0.05, 0) is 28.1 Å². The fraction of sp³-hybridized carbons (Fsp3) is 0.273. The molecular weight excluding hydrogens is 336 g/mol. The zero-order chi connectivity index (χ0) is 14.6. The van der Waals surface area contributed by atoms with E-state index in [-0.39, 0.29) is 23.4 Å². The number of carboxylic acid groups (broad SMARTS) is 1. The number of carbonyl (C=O) groups is 1. The minimum atomic E-state index is -3.88. The number of hydrogen-bond donors (Lipinski definition) is 1. The molecule has 6 nitrogen and oxygen atoms in total. The second kappa shape index (κ2) is 6.14. The number of benzene rings is 1. The van der Waals surface area contributed by atoms with Gasteiger partial charge in [0.05, 0.1) is 12.0 Å². The van der Waals surface area contributed by atoms with Gasteiger partial charge in [-0.15, -0.1) is 0 Å². The van der Waals surface area contributed by atoms with Crippen molar-refractivity contribution in [3.05, 3.63) is 28.2 Å². The highest BCUT2D eigenvalue weighted by molar-refractivity contribution is 9.10. The van der Waals surface area contributed by atoms with Crippen LogP contribution < -0.4 is 0 Å². The molecule has 0 saturated heterocycles. The third-order valence-electron chi connectivity index (χ3n) is 2.42. The lowest BCUT2D eigenvalue weighted by Gasteiger charge is -2.17. The van der Waals surface area contributed by atoms with E-state index in [9.17, 15) is 13.2 Å². The summed E-state index contributed by atoms with van der Waals surface area (Å²) in [5, 5.41) is 17.6. The first-order chi connectivity index (χ1) is 8.80. The molecule has 0 heterocycles. The Hall–Kier alpha value is -1.43. The third-order valence-corrected chi connectivity index (χ3v) is 4.98. The summed E-state index contributed by atoms with van der Waals surface area (Å²) >= 11 is 3.11. The standard InChI is InChI=1S/C11H11BrN2O4S/c1-14(6-5-11(15)16)19(17,18)10-4-2-3-9(12)8(10)7-13/h2-4H,5-6H2,1H3,(H,15,16). The van der Waals surface area contributed by atoms with Gasteiger partial charge in [-0.1, -0.05) is 6.07 Å². The fourth-order valence-corrected chi connectivity index (χ4v) is 3.29. The van der Waals surface area contributed by atoms with Gasteiger partial charge in [-0.25, -0.2) is 12.7 Å². The molecule has 0 saturated carbocycles. The van der Waals surface area contributed by atoms with E-state index in [1.165, 1.54) is 19.2 Å². The zero-order valence-corrected chi connectivity index (χ0v) is 12.4. The lowest BCUT2D eigenvalue weighted by molar-refractivity contribution is -0.137. The molecule has 1 aromatic carbocycles. The number of hydrogen-bond acceptors (Lipinski definition) is 4. The molecule has 0 bridgehead atoms. The van der Waals surface area contributed by atoms with E-state index in [2.05, 4.69) is 15.9 Å². The monoisotopic (exact) mass is 346 g/mol. The number of carboxylic acids is 1. The average molecular weight is 347 g/mol. The first-order valence-electron chi connectivity index (χ1n) is 5.17. The maximum atomic E-state index is 12.2. The van der Waals surface area contributed by atoms with Crippen molar-refractivity contribution in [2.75, 3.05) is 13.6 Å². The highest BCUT2D eigenvalue weighted by Crippen LogP contribution is 2.25. The van der Waals surface area contributed by atoms with Crippen molar-refractivity contribution in [3.8, 4) is 6.07 Å². The van der Waals surface area contributed by atoms with Crippen LogP contribution in [0.4, 0.5) is 0 Å². The van der Waals surface area contributed by atoms with Crippen LogP contribution in [0, 0.1) is 11.3 Å². The van der Waals surface area contributed by atoms with Gasteiger partial charge in [-0.3, -0.25) is 4.79 Å². The Balaban J connectivity index is 3.18. The smallest absolute Gasteiger partial charge is 0.304 e. The average Bonchev–Trinajstić information content (AvgIpc) is 2.35. The van der Waals surface area contributed by atoms with Crippen LogP contribution in [-0.2, 0) is 14.8 Å². The number of nitrogens with zero attached hydrogens (tertiary/aromatic N) is 2. The summed E-state index contributed by atoms with van der Waals surface area (Å²) in [5.74, 6) is -1.09. The van der Waals surface area contributed by atoms with Gasteiger partial charge < -0.3 is 5.11 Å². The second-order valence-corrected chi connectivity index (χ2v) is 6.56. The molecule has 0 aliphatic heterocycles. The molecule has 0 atom stereocenters. The predicted octanol–water partition coefficient (Wildman–Crippen LogP) is 1.42. The summed E-state index contributed by atoms with van der Waals surface area (Å²) in [5.41, 5.74) is 0.00433. The van der Waals surface area contributed by atoms with E-state index >= 15 is 0 Å². The fourth-order valence-electron chi connectivity index (χ4n) is 1.37. The molecule has 0 aliphatic carbocycles. The van der Waals surface area contributed by atoms with E-state index in [1.54, 1.807) is 6.07 Å². The molecule has 0 amide bonds. The topological polar surface area (TPSA) is 98.5 Å². The Morgan fingerprint density at radius 3 is 2.68 bits per heavy atom. The summed E-state index contributed by atoms with van der Waals surface area (Å²) < 4.78 is 25.8. The molecule has 0 radical (unpaired) electrons. The maximum absolute atomic E-state index is 12.2. The van der Waals surface area contributed by atoms with Crippen LogP contribution in [0.2, 0.25) is 0 Å². The SMILES string of the molecule is CN(CCC(=O)O)S(=O)(=O)c1cccc(Br)c1C#N. The number of sulfonamides is 1. The van der Waals surface area contributed by atoms with Crippen LogP contribution in [0.15, 0.2) is 27.6 Å². The van der Waals surface area contributed by atoms with Crippen molar-refractivity contribution in [2.24, 2.45) is 0 Å². The van der Waals surface area contributed by atoms with Gasteiger partial charge in [0.25, 0.3) is 0 Å². The Labute approximate surface area is 119 Å². The van der Waals surface area contributed by atoms with Gasteiger partial charge >= 0.3 is 5.97 Å². The van der Waals surface area contributed by atoms with E-state index in [0.29, 0.717) is 4.47 Å². The summed E-state index contributed by atoms with van der Waals surface area (Å²) in [7, 11) is -2.60. The van der Waals surface area contributed by atoms with Gasteiger partial charge in [0, 0.05) is 18.1 Å². The van der Waals surface area contributed by atoms with Crippen LogP contribution in [0.3, 0.4) is 0 Å². The summed E-state index contributed by atoms with van der Waals surface area (Å²) in [6, 6.07) is 6.20. The normalized spacial score (nSPS) is 11.3. The van der Waals surface area contributed by atoms with Crippen molar-refractivity contribution in [1.82, 2.24) is 4.31 Å². The summed E-state index contributed by atoms with van der Waals surface area (Å²) in [6.07, 6.45) is -0.300. The number of aliphatic carboxylic acids is 1. The molecule has 0 fully saturated rings. The van der Waals surface area contributed by atoms with Gasteiger partial charge in [-0.2, -0.15) is 5.26 Å². The molecule has 102 valence electrons. The van der Waals surface area contributed by atoms with Crippen molar-refractivity contribution < 1.29 is 18.3 Å². The van der Waals surface area contributed by atoms with E-state index in [4.69, 9.17) is 10.4 Å². The Kier molecular flexibility index (Phi) is 5.05. The quantitative estimate of drug-likeness (QED) is 0.868. The Morgan fingerprint density at radius 2 is 2.16 bits per heavy atom. The molecule has 0 unspecified atom stereocenters. The van der Waals surface area contributed by atoms with Crippen LogP contribution in [0.5, 0.6) is 0 Å². The van der Waals surface area contributed by atoms with Crippen molar-refractivity contribution in [3.63, 3.8) is 0 Å². The zero-order valence-electron chi connectivity index (χ0n) is 10.00. The summed E-state index contributed by atoms with van der Waals surface area (Å²) in [6.45, 7) is -0.158. The predicted molar refractivity (Wildman–Crippen MR) is 70.9 cm³/mol. The number of nitriles is 1. The molecule has 1 aromatic rings. The minimum absolute atomic E-state index is 0.00433. The van der Waals surface area contributed by atoms with Crippen LogP contribution >= 0.6 is 15.9 Å². The Morgan fingerprint density at radius 1 is 1.53 bits per heavy atom. The number of halogens is 1. The van der Waals surface area contributed by atoms with Crippen molar-refractivity contribution in [1.29, 1.82) is 5.26 Å². The van der Waals surface area contributed by atoms with Gasteiger partial charge in [0.15, 0.2) is 0 Å². The van der Waals surface area contributed by atoms with Gasteiger partial charge in [0.2, 0.25) is 10.0 Å². The molecule has 0 aromatic heterocycles. The van der Waals surface area contributed by atoms with Crippen molar-refractivity contribution >= 4 is 31.9 Å². The molecule has 0 aliphatic rings. The first kappa shape index (κ1) is 15.6. The molecule has 8 heteroatoms. The lowest BCUT2D eigenvalue weighted by Crippen LogP contribution is -2.29. The van der Waals surface area contributed by atoms with E-state index in [1.807, 2.05) is 6.07 Å². The molecule has 1 N–H and O–H groups in total. The highest BCUT2D eigenvalue weighted by Gasteiger charge is 2.25. The largest absolute Gasteiger partial charge is 0.481 e. The highest BCUT2D eigenvalue weighted by atomic mass is 79.9. The summed E-state index contributed by atoms with van der Waals surface area (Å²) in [4.78, 5) is 10.3. The third kappa shape index (κ3) is 3.53. The van der Waals surface area contributed by atoms with Crippen molar-refractivity contribution in [2.45, 2.75) is 11.3 Å². The van der Waals surface area contributed by atoms with Crippen LogP contribution in [0.1, 0.15) is 12.0 Å². The molecule has 19 heavy (non-hydrogen) atoms. The molecular formula is C11H11BrN2O4S. The van der Waals surface area contributed by atoms with Crippen LogP contribution in [0.25, 0.3) is 0 Å². The lowest BCUT2D eigenvalue weighted by atomic mass is 10.2. The van der Waals surface area contributed by atoms with E-state index in [0.717, 1.165) is 4.31 Å².